The van der Waals surface area contributed by atoms with Crippen LogP contribution < -0.4 is 19.5 Å². The van der Waals surface area contributed by atoms with Crippen LogP contribution in [0.4, 0.5) is 11.4 Å². The number of ether oxygens (including phenoxy) is 2. The molecule has 1 amide bonds. The van der Waals surface area contributed by atoms with E-state index in [4.69, 9.17) is 9.47 Å². The van der Waals surface area contributed by atoms with Crippen LogP contribution in [-0.2, 0) is 16.6 Å². The van der Waals surface area contributed by atoms with Gasteiger partial charge < -0.3 is 14.8 Å². The number of sulfonamides is 1. The fourth-order valence-electron chi connectivity index (χ4n) is 3.13. The van der Waals surface area contributed by atoms with Gasteiger partial charge in [-0.2, -0.15) is 0 Å². The molecule has 10 nitrogen and oxygen atoms in total. The number of nitro groups is 1. The Kier molecular flexibility index (Phi) is 7.37. The summed E-state index contributed by atoms with van der Waals surface area (Å²) >= 11 is 0. The fraction of sp³-hybridized carbons (Fsp3) is 0.174. The molecule has 0 aliphatic rings. The van der Waals surface area contributed by atoms with Crippen LogP contribution in [0.25, 0.3) is 0 Å². The van der Waals surface area contributed by atoms with Crippen molar-refractivity contribution in [3.05, 3.63) is 87.5 Å². The lowest BCUT2D eigenvalue weighted by Gasteiger charge is -2.12. The molecule has 0 heterocycles. The standard InChI is InChI=1S/C23H23N3O7S/c1-15-4-11-20(13-21(15)26(28)29)34(30,31)25-18-8-5-16(6-9-18)23(27)24-14-17-7-10-19(32-2)12-22(17)33-3/h4-13,25H,14H2,1-3H3,(H,24,27). The Morgan fingerprint density at radius 3 is 2.32 bits per heavy atom. The second kappa shape index (κ2) is 10.2. The summed E-state index contributed by atoms with van der Waals surface area (Å²) in [6.07, 6.45) is 0. The smallest absolute Gasteiger partial charge is 0.273 e. The Hall–Kier alpha value is -4.12. The molecule has 34 heavy (non-hydrogen) atoms. The second-order valence-corrected chi connectivity index (χ2v) is 8.93. The van der Waals surface area contributed by atoms with Gasteiger partial charge in [0.05, 0.1) is 24.0 Å². The van der Waals surface area contributed by atoms with Gasteiger partial charge in [-0.25, -0.2) is 8.42 Å². The lowest BCUT2D eigenvalue weighted by Crippen LogP contribution is -2.23. The SMILES string of the molecule is COc1ccc(CNC(=O)c2ccc(NS(=O)(=O)c3ccc(C)c([N+](=O)[O-])c3)cc2)c(OC)c1. The molecule has 3 aromatic rings. The third-order valence-corrected chi connectivity index (χ3v) is 6.40. The zero-order valence-electron chi connectivity index (χ0n) is 18.7. The number of nitrogens with one attached hydrogen (secondary N) is 2. The molecule has 0 atom stereocenters. The van der Waals surface area contributed by atoms with E-state index in [1.807, 2.05) is 0 Å². The van der Waals surface area contributed by atoms with Crippen molar-refractivity contribution in [1.82, 2.24) is 5.32 Å². The van der Waals surface area contributed by atoms with Gasteiger partial charge in [0.25, 0.3) is 21.6 Å². The molecule has 2 N–H and O–H groups in total. The van der Waals surface area contributed by atoms with Crippen molar-refractivity contribution in [2.45, 2.75) is 18.4 Å². The molecule has 0 spiro atoms. The van der Waals surface area contributed by atoms with Gasteiger partial charge in [0.2, 0.25) is 0 Å². The van der Waals surface area contributed by atoms with Gasteiger partial charge in [-0.3, -0.25) is 19.6 Å². The summed E-state index contributed by atoms with van der Waals surface area (Å²) < 4.78 is 38.1. The molecule has 0 saturated heterocycles. The van der Waals surface area contributed by atoms with Crippen LogP contribution in [0.2, 0.25) is 0 Å². The normalized spacial score (nSPS) is 10.9. The largest absolute Gasteiger partial charge is 0.497 e. The summed E-state index contributed by atoms with van der Waals surface area (Å²) in [7, 11) is -0.989. The van der Waals surface area contributed by atoms with Gasteiger partial charge in [0, 0.05) is 41.1 Å². The topological polar surface area (TPSA) is 137 Å². The first-order valence-corrected chi connectivity index (χ1v) is 11.5. The minimum absolute atomic E-state index is 0.205. The lowest BCUT2D eigenvalue weighted by atomic mass is 10.1. The predicted octanol–water partition coefficient (Wildman–Crippen LogP) is 3.65. The van der Waals surface area contributed by atoms with Crippen molar-refractivity contribution in [1.29, 1.82) is 0 Å². The Morgan fingerprint density at radius 1 is 1.00 bits per heavy atom. The van der Waals surface area contributed by atoms with E-state index in [1.54, 1.807) is 25.3 Å². The quantitative estimate of drug-likeness (QED) is 0.349. The minimum Gasteiger partial charge on any atom is -0.497 e. The number of hydrogen-bond donors (Lipinski definition) is 2. The summed E-state index contributed by atoms with van der Waals surface area (Å²) in [5.41, 5.74) is 1.35. The third kappa shape index (κ3) is 5.62. The molecule has 178 valence electrons. The number of methoxy groups -OCH3 is 2. The van der Waals surface area contributed by atoms with E-state index < -0.39 is 14.9 Å². The first kappa shape index (κ1) is 24.5. The maximum atomic E-state index is 12.6. The molecule has 3 aromatic carbocycles. The molecule has 0 aliphatic heterocycles. The molecule has 11 heteroatoms. The van der Waals surface area contributed by atoms with Crippen LogP contribution in [0.15, 0.2) is 65.6 Å². The zero-order valence-corrected chi connectivity index (χ0v) is 19.5. The van der Waals surface area contributed by atoms with Crippen molar-refractivity contribution >= 4 is 27.3 Å². The van der Waals surface area contributed by atoms with Crippen LogP contribution in [0.5, 0.6) is 11.5 Å². The number of nitro benzene ring substituents is 1. The van der Waals surface area contributed by atoms with Crippen molar-refractivity contribution < 1.29 is 27.6 Å². The fourth-order valence-corrected chi connectivity index (χ4v) is 4.21. The second-order valence-electron chi connectivity index (χ2n) is 7.25. The summed E-state index contributed by atoms with van der Waals surface area (Å²) in [4.78, 5) is 22.8. The number of rotatable bonds is 9. The average molecular weight is 486 g/mol. The van der Waals surface area contributed by atoms with Gasteiger partial charge >= 0.3 is 0 Å². The van der Waals surface area contributed by atoms with E-state index in [2.05, 4.69) is 10.0 Å². The van der Waals surface area contributed by atoms with Crippen molar-refractivity contribution in [2.75, 3.05) is 18.9 Å². The minimum atomic E-state index is -4.06. The molecule has 0 bridgehead atoms. The number of carbonyl (C=O) groups excluding carboxylic acids is 1. The number of nitrogens with zero attached hydrogens (tertiary/aromatic N) is 1. The van der Waals surface area contributed by atoms with Gasteiger partial charge in [-0.1, -0.05) is 6.07 Å². The van der Waals surface area contributed by atoms with Crippen LogP contribution >= 0.6 is 0 Å². The molecule has 0 radical (unpaired) electrons. The molecular weight excluding hydrogens is 462 g/mol. The Labute approximate surface area is 196 Å². The van der Waals surface area contributed by atoms with Crippen LogP contribution in [0.3, 0.4) is 0 Å². The maximum absolute atomic E-state index is 12.6. The molecule has 3 rings (SSSR count). The Morgan fingerprint density at radius 2 is 1.71 bits per heavy atom. The highest BCUT2D eigenvalue weighted by atomic mass is 32.2. The van der Waals surface area contributed by atoms with Crippen molar-refractivity contribution in [3.8, 4) is 11.5 Å². The Bertz CT molecular complexity index is 1320. The van der Waals surface area contributed by atoms with Gasteiger partial charge in [-0.15, -0.1) is 0 Å². The summed E-state index contributed by atoms with van der Waals surface area (Å²) in [5.74, 6) is 0.840. The highest BCUT2D eigenvalue weighted by Crippen LogP contribution is 2.25. The molecule has 0 unspecified atom stereocenters. The monoisotopic (exact) mass is 485 g/mol. The van der Waals surface area contributed by atoms with Gasteiger partial charge in [0.15, 0.2) is 0 Å². The van der Waals surface area contributed by atoms with Crippen molar-refractivity contribution in [2.24, 2.45) is 0 Å². The van der Waals surface area contributed by atoms with E-state index in [9.17, 15) is 23.3 Å². The van der Waals surface area contributed by atoms with E-state index in [-0.39, 0.29) is 28.7 Å². The van der Waals surface area contributed by atoms with Crippen LogP contribution in [0, 0.1) is 17.0 Å². The van der Waals surface area contributed by atoms with Crippen LogP contribution in [0.1, 0.15) is 21.5 Å². The lowest BCUT2D eigenvalue weighted by molar-refractivity contribution is -0.385. The van der Waals surface area contributed by atoms with Crippen molar-refractivity contribution in [3.63, 3.8) is 0 Å². The summed E-state index contributed by atoms with van der Waals surface area (Å²) in [5, 5.41) is 13.9. The highest BCUT2D eigenvalue weighted by Gasteiger charge is 2.20. The number of aryl methyl sites for hydroxylation is 1. The van der Waals surface area contributed by atoms with Crippen LogP contribution in [-0.4, -0.2) is 33.5 Å². The first-order chi connectivity index (χ1) is 16.1. The molecule has 0 aromatic heterocycles. The number of amides is 1. The van der Waals surface area contributed by atoms with E-state index in [0.717, 1.165) is 11.6 Å². The average Bonchev–Trinajstić information content (AvgIpc) is 2.82. The number of anilines is 1. The highest BCUT2D eigenvalue weighted by molar-refractivity contribution is 7.92. The maximum Gasteiger partial charge on any atom is 0.273 e. The number of carbonyl (C=O) groups is 1. The predicted molar refractivity (Wildman–Crippen MR) is 126 cm³/mol. The number of benzene rings is 3. The number of hydrogen-bond acceptors (Lipinski definition) is 7. The third-order valence-electron chi connectivity index (χ3n) is 5.02. The molecule has 0 saturated carbocycles. The van der Waals surface area contributed by atoms with Gasteiger partial charge in [-0.05, 0) is 49.4 Å². The molecule has 0 aliphatic carbocycles. The summed E-state index contributed by atoms with van der Waals surface area (Å²) in [6.45, 7) is 1.74. The zero-order chi connectivity index (χ0) is 24.9. The summed E-state index contributed by atoms with van der Waals surface area (Å²) in [6, 6.07) is 14.7. The van der Waals surface area contributed by atoms with Gasteiger partial charge in [0.1, 0.15) is 11.5 Å². The van der Waals surface area contributed by atoms with E-state index >= 15 is 0 Å². The van der Waals surface area contributed by atoms with E-state index in [1.165, 1.54) is 50.4 Å². The van der Waals surface area contributed by atoms with E-state index in [0.29, 0.717) is 22.6 Å². The Balaban J connectivity index is 1.68. The molecule has 0 fully saturated rings. The first-order valence-electron chi connectivity index (χ1n) is 10.0. The molecular formula is C23H23N3O7S.